The third-order valence-corrected chi connectivity index (χ3v) is 5.92. The van der Waals surface area contributed by atoms with Crippen LogP contribution in [0, 0.1) is 5.92 Å². The number of carbonyl (C=O) groups excluding carboxylic acids is 2. The van der Waals surface area contributed by atoms with E-state index in [0.29, 0.717) is 61.9 Å². The molecule has 0 spiro atoms. The van der Waals surface area contributed by atoms with Gasteiger partial charge in [0.1, 0.15) is 0 Å². The van der Waals surface area contributed by atoms with Gasteiger partial charge in [0.25, 0.3) is 5.91 Å². The maximum absolute atomic E-state index is 12.9. The Balaban J connectivity index is 1.52. The number of benzene rings is 1. The van der Waals surface area contributed by atoms with E-state index in [1.54, 1.807) is 30.0 Å². The van der Waals surface area contributed by atoms with Crippen LogP contribution in [0.1, 0.15) is 41.7 Å². The number of methoxy groups -OCH3 is 1. The van der Waals surface area contributed by atoms with Crippen molar-refractivity contribution in [2.24, 2.45) is 5.92 Å². The number of amides is 2. The summed E-state index contributed by atoms with van der Waals surface area (Å²) in [6.07, 6.45) is 5.37. The van der Waals surface area contributed by atoms with Crippen LogP contribution in [0.4, 0.5) is 0 Å². The summed E-state index contributed by atoms with van der Waals surface area (Å²) in [7, 11) is 1.57. The van der Waals surface area contributed by atoms with Crippen LogP contribution in [-0.2, 0) is 17.8 Å². The minimum atomic E-state index is -0.175. The molecule has 0 saturated carbocycles. The van der Waals surface area contributed by atoms with Crippen molar-refractivity contribution in [3.05, 3.63) is 35.7 Å². The van der Waals surface area contributed by atoms with Gasteiger partial charge < -0.3 is 19.7 Å². The lowest BCUT2D eigenvalue weighted by Gasteiger charge is -2.32. The third kappa shape index (κ3) is 5.15. The zero-order chi connectivity index (χ0) is 21.6. The summed E-state index contributed by atoms with van der Waals surface area (Å²) < 4.78 is 13.2. The Hall–Kier alpha value is -3.10. The zero-order valence-corrected chi connectivity index (χ0v) is 17.9. The molecule has 3 aliphatic heterocycles. The van der Waals surface area contributed by atoms with Gasteiger partial charge in [0.2, 0.25) is 5.91 Å². The van der Waals surface area contributed by atoms with Crippen molar-refractivity contribution in [3.8, 4) is 11.5 Å². The number of hydrogen-bond acceptors (Lipinski definition) is 6. The predicted octanol–water partition coefficient (Wildman–Crippen LogP) is 1.67. The molecule has 2 aromatic rings. The molecule has 9 heteroatoms. The van der Waals surface area contributed by atoms with E-state index in [1.165, 1.54) is 0 Å². The lowest BCUT2D eigenvalue weighted by Crippen LogP contribution is -2.41. The first-order valence-corrected chi connectivity index (χ1v) is 10.9. The summed E-state index contributed by atoms with van der Waals surface area (Å²) in [5.41, 5.74) is 1.29. The molecular weight excluding hydrogens is 398 g/mol. The Morgan fingerprint density at radius 3 is 2.81 bits per heavy atom. The van der Waals surface area contributed by atoms with E-state index in [0.717, 1.165) is 31.6 Å². The molecule has 4 heterocycles. The second kappa shape index (κ2) is 9.80. The van der Waals surface area contributed by atoms with Crippen LogP contribution in [0.15, 0.2) is 24.4 Å². The normalized spacial score (nSPS) is 18.9. The topological polar surface area (TPSA) is 98.6 Å². The summed E-state index contributed by atoms with van der Waals surface area (Å²) >= 11 is 0. The van der Waals surface area contributed by atoms with Crippen molar-refractivity contribution < 1.29 is 19.1 Å². The minimum Gasteiger partial charge on any atom is -0.493 e. The number of aromatic nitrogens is 3. The minimum absolute atomic E-state index is 0.157. The van der Waals surface area contributed by atoms with Gasteiger partial charge in [-0.15, -0.1) is 5.10 Å². The number of ether oxygens (including phenoxy) is 2. The number of nitrogens with one attached hydrogen (secondary N) is 1. The first-order chi connectivity index (χ1) is 15.1. The fraction of sp³-hybridized carbons (Fsp3) is 0.545. The molecule has 1 saturated heterocycles. The second-order valence-electron chi connectivity index (χ2n) is 8.05. The fourth-order valence-corrected chi connectivity index (χ4v) is 4.08. The third-order valence-electron chi connectivity index (χ3n) is 5.92. The molecule has 166 valence electrons. The summed E-state index contributed by atoms with van der Waals surface area (Å²) in [5, 5.41) is 11.4. The van der Waals surface area contributed by atoms with Crippen LogP contribution in [0.25, 0.3) is 0 Å². The largest absolute Gasteiger partial charge is 0.493 e. The summed E-state index contributed by atoms with van der Waals surface area (Å²) in [6, 6.07) is 5.33. The maximum atomic E-state index is 12.9. The number of carbonyl (C=O) groups is 2. The monoisotopic (exact) mass is 427 g/mol. The molecule has 2 amide bonds. The quantitative estimate of drug-likeness (QED) is 0.743. The maximum Gasteiger partial charge on any atom is 0.255 e. The summed E-state index contributed by atoms with van der Waals surface area (Å²) in [5.74, 6) is 1.33. The van der Waals surface area contributed by atoms with Crippen molar-refractivity contribution in [2.45, 2.75) is 38.6 Å². The van der Waals surface area contributed by atoms with E-state index in [9.17, 15) is 9.59 Å². The van der Waals surface area contributed by atoms with Gasteiger partial charge in [0.15, 0.2) is 11.5 Å². The van der Waals surface area contributed by atoms with Gasteiger partial charge in [-0.25, -0.2) is 0 Å². The van der Waals surface area contributed by atoms with Crippen molar-refractivity contribution in [1.29, 1.82) is 0 Å². The van der Waals surface area contributed by atoms with Crippen molar-refractivity contribution in [2.75, 3.05) is 33.4 Å². The van der Waals surface area contributed by atoms with Crippen LogP contribution in [0.2, 0.25) is 0 Å². The van der Waals surface area contributed by atoms with E-state index >= 15 is 0 Å². The summed E-state index contributed by atoms with van der Waals surface area (Å²) in [4.78, 5) is 27.4. The van der Waals surface area contributed by atoms with Crippen molar-refractivity contribution >= 4 is 11.8 Å². The van der Waals surface area contributed by atoms with Gasteiger partial charge in [-0.3, -0.25) is 14.3 Å². The van der Waals surface area contributed by atoms with E-state index in [2.05, 4.69) is 15.6 Å². The van der Waals surface area contributed by atoms with Crippen LogP contribution in [0.3, 0.4) is 0 Å². The van der Waals surface area contributed by atoms with Crippen LogP contribution in [-0.4, -0.2) is 65.1 Å². The number of rotatable bonds is 1. The van der Waals surface area contributed by atoms with Crippen LogP contribution >= 0.6 is 0 Å². The van der Waals surface area contributed by atoms with Gasteiger partial charge in [-0.2, -0.15) is 0 Å². The van der Waals surface area contributed by atoms with Crippen molar-refractivity contribution in [3.63, 3.8) is 0 Å². The molecule has 0 radical (unpaired) electrons. The van der Waals surface area contributed by atoms with Crippen LogP contribution < -0.4 is 14.8 Å². The highest BCUT2D eigenvalue weighted by molar-refractivity contribution is 5.97. The highest BCUT2D eigenvalue weighted by Crippen LogP contribution is 2.31. The standard InChI is InChI=1S/C22H29N5O4/c1-30-19-5-2-4-18-21(19)31-13-3-10-27-15-17(24-25-27)6-7-20(28)26-11-8-16(9-12-26)14-23-22(18)29/h2,4-5,15-16H,3,6-14H2,1H3,(H,23,29). The first kappa shape index (κ1) is 21.1. The van der Waals surface area contributed by atoms with Gasteiger partial charge >= 0.3 is 0 Å². The highest BCUT2D eigenvalue weighted by Gasteiger charge is 2.24. The smallest absolute Gasteiger partial charge is 0.255 e. The fourth-order valence-electron chi connectivity index (χ4n) is 4.08. The average molecular weight is 428 g/mol. The van der Waals surface area contributed by atoms with Gasteiger partial charge in [-0.05, 0) is 30.9 Å². The lowest BCUT2D eigenvalue weighted by atomic mass is 9.96. The lowest BCUT2D eigenvalue weighted by molar-refractivity contribution is -0.132. The number of hydrogen-bond donors (Lipinski definition) is 1. The van der Waals surface area contributed by atoms with E-state index in [-0.39, 0.29) is 11.8 Å². The number of piperidine rings is 1. The number of fused-ring (bicyclic) bond motifs is 9. The Kier molecular flexibility index (Phi) is 6.69. The highest BCUT2D eigenvalue weighted by atomic mass is 16.5. The Morgan fingerprint density at radius 1 is 1.16 bits per heavy atom. The summed E-state index contributed by atoms with van der Waals surface area (Å²) in [6.45, 7) is 3.07. The molecule has 31 heavy (non-hydrogen) atoms. The Morgan fingerprint density at radius 2 is 2.00 bits per heavy atom. The first-order valence-electron chi connectivity index (χ1n) is 10.9. The van der Waals surface area contributed by atoms with Crippen molar-refractivity contribution in [1.82, 2.24) is 25.2 Å². The van der Waals surface area contributed by atoms with Gasteiger partial charge in [-0.1, -0.05) is 11.3 Å². The molecule has 3 aliphatic rings. The molecule has 0 unspecified atom stereocenters. The number of para-hydroxylation sites is 1. The van der Waals surface area contributed by atoms with E-state index in [1.807, 2.05) is 11.1 Å². The molecule has 1 N–H and O–H groups in total. The molecule has 4 bridgehead atoms. The van der Waals surface area contributed by atoms with Crippen LogP contribution in [0.5, 0.6) is 11.5 Å². The molecule has 5 rings (SSSR count). The molecule has 1 aromatic heterocycles. The van der Waals surface area contributed by atoms with E-state index in [4.69, 9.17) is 9.47 Å². The Bertz CT molecular complexity index is 920. The SMILES string of the molecule is COc1cccc2c1OCCCn1cc(nn1)CCC(=O)N1CCC(CC1)CNC2=O. The molecule has 0 aliphatic carbocycles. The Labute approximate surface area is 181 Å². The zero-order valence-electron chi connectivity index (χ0n) is 17.9. The number of nitrogens with zero attached hydrogens (tertiary/aromatic N) is 4. The molecule has 1 aromatic carbocycles. The molecule has 0 atom stereocenters. The second-order valence-corrected chi connectivity index (χ2v) is 8.05. The average Bonchev–Trinajstić information content (AvgIpc) is 3.26. The predicted molar refractivity (Wildman–Crippen MR) is 113 cm³/mol. The van der Waals surface area contributed by atoms with E-state index < -0.39 is 0 Å². The molecule has 9 nitrogen and oxygen atoms in total. The molecular formula is C22H29N5O4. The number of aryl methyl sites for hydroxylation is 2. The molecule has 1 fully saturated rings. The van der Waals surface area contributed by atoms with Gasteiger partial charge in [0.05, 0.1) is 25.0 Å². The van der Waals surface area contributed by atoms with Gasteiger partial charge in [0, 0.05) is 51.6 Å².